The van der Waals surface area contributed by atoms with E-state index in [9.17, 15) is 31.1 Å². The Kier molecular flexibility index (Phi) is 6.47. The molecule has 0 saturated carbocycles. The Hall–Kier alpha value is -3.89. The van der Waals surface area contributed by atoms with Crippen molar-refractivity contribution in [2.75, 3.05) is 0 Å². The molecule has 0 unspecified atom stereocenters. The van der Waals surface area contributed by atoms with Crippen molar-refractivity contribution in [3.05, 3.63) is 89.1 Å². The molecular formula is C21H13F6N3O2. The van der Waals surface area contributed by atoms with Gasteiger partial charge in [0.05, 0.1) is 17.3 Å². The van der Waals surface area contributed by atoms with E-state index >= 15 is 0 Å². The lowest BCUT2D eigenvalue weighted by atomic mass is 10.1. The lowest BCUT2D eigenvalue weighted by Gasteiger charge is -2.12. The molecule has 0 atom stereocenters. The lowest BCUT2D eigenvalue weighted by Crippen LogP contribution is -2.19. The Morgan fingerprint density at radius 1 is 0.906 bits per heavy atom. The first-order valence-electron chi connectivity index (χ1n) is 8.85. The molecule has 0 aliphatic heterocycles. The van der Waals surface area contributed by atoms with Crippen LogP contribution in [0.2, 0.25) is 0 Å². The van der Waals surface area contributed by atoms with Gasteiger partial charge in [-0.1, -0.05) is 18.2 Å². The number of nitrogens with zero attached hydrogens (tertiary/aromatic N) is 2. The monoisotopic (exact) mass is 453 g/mol. The fraction of sp³-hybridized carbons (Fsp3) is 0.0952. The molecular weight excluding hydrogens is 440 g/mol. The van der Waals surface area contributed by atoms with Crippen molar-refractivity contribution in [1.82, 2.24) is 10.4 Å². The van der Waals surface area contributed by atoms with Gasteiger partial charge >= 0.3 is 12.4 Å². The minimum absolute atomic E-state index is 0.00123. The molecule has 0 aliphatic carbocycles. The maximum atomic E-state index is 12.9. The van der Waals surface area contributed by atoms with Crippen LogP contribution in [-0.2, 0) is 12.4 Å². The largest absolute Gasteiger partial charge is 0.438 e. The summed E-state index contributed by atoms with van der Waals surface area (Å²) in [6, 6.07) is 12.2. The minimum Gasteiger partial charge on any atom is -0.438 e. The number of para-hydroxylation sites is 1. The highest BCUT2D eigenvalue weighted by Crippen LogP contribution is 2.36. The number of benzene rings is 2. The molecule has 32 heavy (non-hydrogen) atoms. The van der Waals surface area contributed by atoms with Gasteiger partial charge in [0.1, 0.15) is 11.3 Å². The SMILES string of the molecule is O=C(N/N=C/c1cc(C(F)(F)F)cc(C(F)(F)F)c1)c1cccnc1Oc1ccccc1. The van der Waals surface area contributed by atoms with Gasteiger partial charge in [-0.25, -0.2) is 10.4 Å². The first kappa shape index (κ1) is 22.8. The standard InChI is InChI=1S/C21H13F6N3O2/c22-20(23,24)14-9-13(10-15(11-14)21(25,26)27)12-29-30-18(31)17-7-4-8-28-19(17)32-16-5-2-1-3-6-16/h1-12H,(H,30,31)/b29-12+. The molecule has 0 bridgehead atoms. The van der Waals surface area contributed by atoms with E-state index in [1.807, 2.05) is 5.43 Å². The summed E-state index contributed by atoms with van der Waals surface area (Å²) in [4.78, 5) is 16.3. The smallest absolute Gasteiger partial charge is 0.416 e. The molecule has 11 heteroatoms. The zero-order valence-electron chi connectivity index (χ0n) is 15.9. The molecule has 0 saturated heterocycles. The van der Waals surface area contributed by atoms with Gasteiger partial charge in [0, 0.05) is 6.20 Å². The summed E-state index contributed by atoms with van der Waals surface area (Å²) in [5.41, 5.74) is -1.50. The lowest BCUT2D eigenvalue weighted by molar-refractivity contribution is -0.143. The number of carbonyl (C=O) groups is 1. The Bertz CT molecular complexity index is 1100. The molecule has 0 spiro atoms. The Morgan fingerprint density at radius 3 is 2.12 bits per heavy atom. The van der Waals surface area contributed by atoms with Crippen LogP contribution < -0.4 is 10.2 Å². The highest BCUT2D eigenvalue weighted by molar-refractivity contribution is 5.97. The van der Waals surface area contributed by atoms with E-state index in [0.29, 0.717) is 24.1 Å². The van der Waals surface area contributed by atoms with Gasteiger partial charge in [0.15, 0.2) is 0 Å². The predicted octanol–water partition coefficient (Wildman–Crippen LogP) is 5.68. The van der Waals surface area contributed by atoms with E-state index < -0.39 is 35.0 Å². The van der Waals surface area contributed by atoms with Crippen molar-refractivity contribution < 1.29 is 35.9 Å². The molecule has 0 radical (unpaired) electrons. The summed E-state index contributed by atoms with van der Waals surface area (Å²) in [5.74, 6) is -0.500. The number of rotatable bonds is 5. The van der Waals surface area contributed by atoms with Crippen LogP contribution in [-0.4, -0.2) is 17.1 Å². The predicted molar refractivity (Wildman–Crippen MR) is 102 cm³/mol. The van der Waals surface area contributed by atoms with Crippen molar-refractivity contribution >= 4 is 12.1 Å². The van der Waals surface area contributed by atoms with E-state index in [0.717, 1.165) is 0 Å². The normalized spacial score (nSPS) is 12.1. The number of hydrogen-bond donors (Lipinski definition) is 1. The third-order valence-electron chi connectivity index (χ3n) is 3.96. The van der Waals surface area contributed by atoms with Gasteiger partial charge in [-0.3, -0.25) is 4.79 Å². The van der Waals surface area contributed by atoms with Crippen LogP contribution in [0.3, 0.4) is 0 Å². The molecule has 1 N–H and O–H groups in total. The second-order valence-electron chi connectivity index (χ2n) is 6.31. The number of pyridine rings is 1. The molecule has 2 aromatic carbocycles. The number of halogens is 6. The van der Waals surface area contributed by atoms with Gasteiger partial charge < -0.3 is 4.74 Å². The van der Waals surface area contributed by atoms with Crippen LogP contribution in [0.15, 0.2) is 72.0 Å². The average Bonchev–Trinajstić information content (AvgIpc) is 2.73. The number of nitrogens with one attached hydrogen (secondary N) is 1. The molecule has 3 rings (SSSR count). The first-order chi connectivity index (χ1) is 15.0. The topological polar surface area (TPSA) is 63.6 Å². The van der Waals surface area contributed by atoms with Crippen LogP contribution in [0, 0.1) is 0 Å². The summed E-state index contributed by atoms with van der Waals surface area (Å²) in [6.45, 7) is 0. The van der Waals surface area contributed by atoms with Crippen LogP contribution in [0.25, 0.3) is 0 Å². The van der Waals surface area contributed by atoms with E-state index in [1.165, 1.54) is 18.3 Å². The van der Waals surface area contributed by atoms with Crippen LogP contribution >= 0.6 is 0 Å². The molecule has 1 heterocycles. The minimum atomic E-state index is -4.99. The molecule has 1 amide bonds. The summed E-state index contributed by atoms with van der Waals surface area (Å²) >= 11 is 0. The van der Waals surface area contributed by atoms with Crippen molar-refractivity contribution in [2.24, 2.45) is 5.10 Å². The summed E-state index contributed by atoms with van der Waals surface area (Å²) < 4.78 is 83.1. The molecule has 166 valence electrons. The summed E-state index contributed by atoms with van der Waals surface area (Å²) in [5, 5.41) is 3.47. The maximum absolute atomic E-state index is 12.9. The molecule has 0 fully saturated rings. The number of hydrazone groups is 1. The molecule has 3 aromatic rings. The second-order valence-corrected chi connectivity index (χ2v) is 6.31. The molecule has 5 nitrogen and oxygen atoms in total. The van der Waals surface area contributed by atoms with Crippen molar-refractivity contribution in [2.45, 2.75) is 12.4 Å². The highest BCUT2D eigenvalue weighted by Gasteiger charge is 2.36. The average molecular weight is 453 g/mol. The number of aromatic nitrogens is 1. The number of carbonyl (C=O) groups excluding carboxylic acids is 1. The number of ether oxygens (including phenoxy) is 1. The van der Waals surface area contributed by atoms with Crippen LogP contribution in [0.1, 0.15) is 27.0 Å². The zero-order valence-corrected chi connectivity index (χ0v) is 15.9. The molecule has 1 aromatic heterocycles. The molecule has 0 aliphatic rings. The second kappa shape index (κ2) is 9.08. The fourth-order valence-electron chi connectivity index (χ4n) is 2.52. The van der Waals surface area contributed by atoms with Gasteiger partial charge in [0.25, 0.3) is 5.91 Å². The Labute approximate surface area is 177 Å². The Morgan fingerprint density at radius 2 is 1.53 bits per heavy atom. The van der Waals surface area contributed by atoms with Gasteiger partial charge in [-0.15, -0.1) is 0 Å². The number of hydrogen-bond acceptors (Lipinski definition) is 4. The van der Waals surface area contributed by atoms with Crippen molar-refractivity contribution in [1.29, 1.82) is 0 Å². The first-order valence-corrected chi connectivity index (χ1v) is 8.85. The summed E-state index contributed by atoms with van der Waals surface area (Å²) in [7, 11) is 0. The van der Waals surface area contributed by atoms with E-state index in [2.05, 4.69) is 10.1 Å². The third kappa shape index (κ3) is 5.84. The van der Waals surface area contributed by atoms with Gasteiger partial charge in [0.2, 0.25) is 5.88 Å². The van der Waals surface area contributed by atoms with Crippen molar-refractivity contribution in [3.63, 3.8) is 0 Å². The Balaban J connectivity index is 1.80. The quantitative estimate of drug-likeness (QED) is 0.307. The van der Waals surface area contributed by atoms with E-state index in [-0.39, 0.29) is 17.5 Å². The van der Waals surface area contributed by atoms with Crippen LogP contribution in [0.4, 0.5) is 26.3 Å². The van der Waals surface area contributed by atoms with E-state index in [4.69, 9.17) is 4.74 Å². The van der Waals surface area contributed by atoms with E-state index in [1.54, 1.807) is 30.3 Å². The van der Waals surface area contributed by atoms with Gasteiger partial charge in [-0.2, -0.15) is 31.4 Å². The maximum Gasteiger partial charge on any atom is 0.416 e. The number of alkyl halides is 6. The zero-order chi connectivity index (χ0) is 23.4. The van der Waals surface area contributed by atoms with Crippen molar-refractivity contribution in [3.8, 4) is 11.6 Å². The summed E-state index contributed by atoms with van der Waals surface area (Å²) in [6.07, 6.45) is -7.94. The number of amides is 1. The fourth-order valence-corrected chi connectivity index (χ4v) is 2.52. The third-order valence-corrected chi connectivity index (χ3v) is 3.96. The highest BCUT2D eigenvalue weighted by atomic mass is 19.4. The van der Waals surface area contributed by atoms with Crippen LogP contribution in [0.5, 0.6) is 11.6 Å². The van der Waals surface area contributed by atoms with Gasteiger partial charge in [-0.05, 0) is 48.0 Å².